The van der Waals surface area contributed by atoms with Gasteiger partial charge in [-0.2, -0.15) is 0 Å². The number of alkyl halides is 1. The number of carboxylic acid groups (broad SMARTS) is 1. The summed E-state index contributed by atoms with van der Waals surface area (Å²) in [6, 6.07) is 0. The fraction of sp³-hybridized carbons (Fsp3) is 0.333. The van der Waals surface area contributed by atoms with Gasteiger partial charge in [-0.15, -0.1) is 11.6 Å². The standard InChI is InChI=1S/C3H4ClNO3/c4-1-2(6)5-3(7)8/h1H2,(H,5,6)(H,7,8). The Morgan fingerprint density at radius 3 is 2.25 bits per heavy atom. The van der Waals surface area contributed by atoms with Gasteiger partial charge >= 0.3 is 6.09 Å². The quantitative estimate of drug-likeness (QED) is 0.501. The molecule has 46 valence electrons. The van der Waals surface area contributed by atoms with E-state index in [2.05, 4.69) is 0 Å². The van der Waals surface area contributed by atoms with Gasteiger partial charge in [-0.05, 0) is 0 Å². The highest BCUT2D eigenvalue weighted by Crippen LogP contribution is 1.72. The van der Waals surface area contributed by atoms with Gasteiger partial charge in [0.05, 0.1) is 0 Å². The summed E-state index contributed by atoms with van der Waals surface area (Å²) in [4.78, 5) is 19.6. The summed E-state index contributed by atoms with van der Waals surface area (Å²) in [6.07, 6.45) is -1.38. The Morgan fingerprint density at radius 1 is 1.62 bits per heavy atom. The molecule has 0 fully saturated rings. The number of amides is 2. The van der Waals surface area contributed by atoms with Gasteiger partial charge < -0.3 is 5.11 Å². The van der Waals surface area contributed by atoms with Crippen LogP contribution in [0.5, 0.6) is 0 Å². The van der Waals surface area contributed by atoms with Crippen LogP contribution in [0.15, 0.2) is 0 Å². The van der Waals surface area contributed by atoms with E-state index in [0.717, 1.165) is 0 Å². The second-order valence-electron chi connectivity index (χ2n) is 0.987. The fourth-order valence-corrected chi connectivity index (χ4v) is 0.219. The molecule has 0 rings (SSSR count). The van der Waals surface area contributed by atoms with Gasteiger partial charge in [-0.1, -0.05) is 0 Å². The first-order chi connectivity index (χ1) is 3.66. The van der Waals surface area contributed by atoms with Crippen molar-refractivity contribution in [3.8, 4) is 0 Å². The van der Waals surface area contributed by atoms with E-state index in [4.69, 9.17) is 16.7 Å². The maximum absolute atomic E-state index is 10.00. The van der Waals surface area contributed by atoms with E-state index in [-0.39, 0.29) is 5.88 Å². The zero-order chi connectivity index (χ0) is 6.57. The Morgan fingerprint density at radius 2 is 2.12 bits per heavy atom. The molecule has 5 heteroatoms. The molecule has 0 saturated carbocycles. The van der Waals surface area contributed by atoms with Crippen LogP contribution >= 0.6 is 11.6 Å². The van der Waals surface area contributed by atoms with Crippen molar-refractivity contribution in [2.75, 3.05) is 5.88 Å². The molecule has 0 bridgehead atoms. The van der Waals surface area contributed by atoms with E-state index in [1.165, 1.54) is 5.32 Å². The average molecular weight is 138 g/mol. The van der Waals surface area contributed by atoms with Crippen molar-refractivity contribution in [1.82, 2.24) is 5.32 Å². The number of nitrogens with one attached hydrogen (secondary N) is 1. The molecule has 0 aromatic rings. The third-order valence-corrected chi connectivity index (χ3v) is 0.610. The lowest BCUT2D eigenvalue weighted by Crippen LogP contribution is -2.29. The molecule has 0 aromatic carbocycles. The van der Waals surface area contributed by atoms with Gasteiger partial charge in [-0.25, -0.2) is 4.79 Å². The van der Waals surface area contributed by atoms with E-state index >= 15 is 0 Å². The average Bonchev–Trinajstić information content (AvgIpc) is 1.65. The topological polar surface area (TPSA) is 66.4 Å². The number of halogens is 1. The summed E-state index contributed by atoms with van der Waals surface area (Å²) in [6.45, 7) is 0. The molecule has 2 amide bonds. The molecule has 0 unspecified atom stereocenters. The van der Waals surface area contributed by atoms with E-state index in [9.17, 15) is 9.59 Å². The van der Waals surface area contributed by atoms with E-state index < -0.39 is 12.0 Å². The number of carbonyl (C=O) groups excluding carboxylic acids is 1. The Bertz CT molecular complexity index is 113. The highest BCUT2D eigenvalue weighted by atomic mass is 35.5. The first-order valence-corrected chi connectivity index (χ1v) is 2.29. The predicted octanol–water partition coefficient (Wildman–Crippen LogP) is 0.0194. The van der Waals surface area contributed by atoms with Crippen molar-refractivity contribution >= 4 is 23.6 Å². The highest BCUT2D eigenvalue weighted by Gasteiger charge is 2.00. The summed E-state index contributed by atoms with van der Waals surface area (Å²) in [5.41, 5.74) is 0. The Labute approximate surface area is 50.4 Å². The summed E-state index contributed by atoms with van der Waals surface area (Å²) < 4.78 is 0. The van der Waals surface area contributed by atoms with Crippen molar-refractivity contribution in [1.29, 1.82) is 0 Å². The normalized spacial score (nSPS) is 8.12. The zero-order valence-electron chi connectivity index (χ0n) is 3.85. The molecular formula is C3H4ClNO3. The Kier molecular flexibility index (Phi) is 2.95. The van der Waals surface area contributed by atoms with Crippen molar-refractivity contribution in [2.24, 2.45) is 0 Å². The maximum atomic E-state index is 10.00. The summed E-state index contributed by atoms with van der Waals surface area (Å²) in [5, 5.41) is 9.36. The molecule has 0 aliphatic rings. The third-order valence-electron chi connectivity index (χ3n) is 0.368. The molecule has 0 aromatic heterocycles. The lowest BCUT2D eigenvalue weighted by Gasteiger charge is -1.90. The van der Waals surface area contributed by atoms with Crippen LogP contribution in [-0.4, -0.2) is 23.0 Å². The minimum Gasteiger partial charge on any atom is -0.465 e. The zero-order valence-corrected chi connectivity index (χ0v) is 4.60. The van der Waals surface area contributed by atoms with Crippen molar-refractivity contribution in [3.05, 3.63) is 0 Å². The largest absolute Gasteiger partial charge is 0.465 e. The smallest absolute Gasteiger partial charge is 0.411 e. The number of imide groups is 1. The van der Waals surface area contributed by atoms with Gasteiger partial charge in [0.25, 0.3) is 0 Å². The minimum absolute atomic E-state index is 0.327. The van der Waals surface area contributed by atoms with Gasteiger partial charge in [0, 0.05) is 0 Å². The van der Waals surface area contributed by atoms with Crippen LogP contribution < -0.4 is 5.32 Å². The molecule has 0 heterocycles. The SMILES string of the molecule is O=C(O)NC(=O)CCl. The van der Waals surface area contributed by atoms with Gasteiger partial charge in [0.15, 0.2) is 0 Å². The predicted molar refractivity (Wildman–Crippen MR) is 26.9 cm³/mol. The second kappa shape index (κ2) is 3.26. The molecule has 0 atom stereocenters. The Hall–Kier alpha value is -0.770. The molecule has 2 N–H and O–H groups in total. The summed E-state index contributed by atoms with van der Waals surface area (Å²) >= 11 is 4.92. The van der Waals surface area contributed by atoms with E-state index in [1.54, 1.807) is 0 Å². The second-order valence-corrected chi connectivity index (χ2v) is 1.25. The monoisotopic (exact) mass is 137 g/mol. The number of rotatable bonds is 1. The third kappa shape index (κ3) is 3.42. The van der Waals surface area contributed by atoms with Gasteiger partial charge in [-0.3, -0.25) is 10.1 Å². The molecule has 4 nitrogen and oxygen atoms in total. The maximum Gasteiger partial charge on any atom is 0.411 e. The van der Waals surface area contributed by atoms with Crippen LogP contribution in [0.2, 0.25) is 0 Å². The van der Waals surface area contributed by atoms with Crippen LogP contribution in [0, 0.1) is 0 Å². The molecule has 8 heavy (non-hydrogen) atoms. The fourth-order valence-electron chi connectivity index (χ4n) is 0.153. The molecule has 0 aliphatic carbocycles. The van der Waals surface area contributed by atoms with E-state index in [1.807, 2.05) is 0 Å². The summed E-state index contributed by atoms with van der Waals surface area (Å²) in [7, 11) is 0. The van der Waals surface area contributed by atoms with Crippen LogP contribution in [0.4, 0.5) is 4.79 Å². The first kappa shape index (κ1) is 7.23. The molecule has 0 radical (unpaired) electrons. The van der Waals surface area contributed by atoms with Gasteiger partial charge in [0.2, 0.25) is 5.91 Å². The van der Waals surface area contributed by atoms with Crippen molar-refractivity contribution in [2.45, 2.75) is 0 Å². The van der Waals surface area contributed by atoms with Crippen LogP contribution in [-0.2, 0) is 4.79 Å². The number of carbonyl (C=O) groups is 2. The van der Waals surface area contributed by atoms with Crippen LogP contribution in [0.3, 0.4) is 0 Å². The lowest BCUT2D eigenvalue weighted by atomic mass is 10.7. The summed E-state index contributed by atoms with van der Waals surface area (Å²) in [5.74, 6) is -1.04. The van der Waals surface area contributed by atoms with Gasteiger partial charge in [0.1, 0.15) is 5.88 Å². The lowest BCUT2D eigenvalue weighted by molar-refractivity contribution is -0.117. The van der Waals surface area contributed by atoms with Crippen molar-refractivity contribution < 1.29 is 14.7 Å². The van der Waals surface area contributed by atoms with E-state index in [0.29, 0.717) is 0 Å². The highest BCUT2D eigenvalue weighted by molar-refractivity contribution is 6.28. The number of hydrogen-bond donors (Lipinski definition) is 2. The molecule has 0 saturated heterocycles. The first-order valence-electron chi connectivity index (χ1n) is 1.75. The van der Waals surface area contributed by atoms with Crippen LogP contribution in [0.1, 0.15) is 0 Å². The molecular weight excluding hydrogens is 133 g/mol. The minimum atomic E-state index is -1.38. The molecule has 0 aliphatic heterocycles. The van der Waals surface area contributed by atoms with Crippen molar-refractivity contribution in [3.63, 3.8) is 0 Å². The molecule has 0 spiro atoms. The number of hydrogen-bond acceptors (Lipinski definition) is 2. The van der Waals surface area contributed by atoms with Crippen LogP contribution in [0.25, 0.3) is 0 Å². The Balaban J connectivity index is 3.40.